The summed E-state index contributed by atoms with van der Waals surface area (Å²) in [6.07, 6.45) is -6.47. The van der Waals surface area contributed by atoms with Gasteiger partial charge in [-0.3, -0.25) is 0 Å². The van der Waals surface area contributed by atoms with Gasteiger partial charge in [0.1, 0.15) is 24.6 Å². The van der Waals surface area contributed by atoms with Crippen molar-refractivity contribution in [3.05, 3.63) is 29.8 Å². The summed E-state index contributed by atoms with van der Waals surface area (Å²) < 4.78 is 61.0. The SMILES string of the molecule is CC(C)CO[C@H]1COC[C@H]([NH3+])C(=O)O[C@@H](C)[C@@H]1Oc1ccc(C(F)(F)F)cc1.[Cl-]. The molecule has 1 aromatic carbocycles. The number of alkyl halides is 3. The Morgan fingerprint density at radius 1 is 1.21 bits per heavy atom. The summed E-state index contributed by atoms with van der Waals surface area (Å²) in [5.41, 5.74) is 2.94. The van der Waals surface area contributed by atoms with Crippen LogP contribution in [0, 0.1) is 5.92 Å². The molecule has 1 aliphatic heterocycles. The molecule has 0 aromatic heterocycles. The molecule has 0 aliphatic carbocycles. The van der Waals surface area contributed by atoms with Crippen molar-refractivity contribution in [2.24, 2.45) is 5.92 Å². The van der Waals surface area contributed by atoms with Gasteiger partial charge < -0.3 is 37.1 Å². The second kappa shape index (κ2) is 11.0. The lowest BCUT2D eigenvalue weighted by Crippen LogP contribution is -3.00. The maximum absolute atomic E-state index is 12.8. The predicted molar refractivity (Wildman–Crippen MR) is 93.5 cm³/mol. The monoisotopic (exact) mass is 441 g/mol. The minimum Gasteiger partial charge on any atom is -1.00 e. The Bertz CT molecular complexity index is 642. The molecular formula is C19H27ClF3NO5. The second-order valence-corrected chi connectivity index (χ2v) is 7.25. The number of carbonyl (C=O) groups excluding carboxylic acids is 1. The van der Waals surface area contributed by atoms with Crippen molar-refractivity contribution in [2.75, 3.05) is 19.8 Å². The maximum atomic E-state index is 12.8. The summed E-state index contributed by atoms with van der Waals surface area (Å²) in [5, 5.41) is 0. The fraction of sp³-hybridized carbons (Fsp3) is 0.632. The molecule has 0 bridgehead atoms. The van der Waals surface area contributed by atoms with E-state index < -0.39 is 42.1 Å². The van der Waals surface area contributed by atoms with Crippen LogP contribution < -0.4 is 22.9 Å². The van der Waals surface area contributed by atoms with Gasteiger partial charge in [-0.1, -0.05) is 13.8 Å². The van der Waals surface area contributed by atoms with Crippen LogP contribution in [0.3, 0.4) is 0 Å². The Labute approximate surface area is 174 Å². The van der Waals surface area contributed by atoms with Gasteiger partial charge in [0.15, 0.2) is 6.10 Å². The molecule has 10 heteroatoms. The number of carbonyl (C=O) groups is 1. The van der Waals surface area contributed by atoms with Crippen LogP contribution in [0.2, 0.25) is 0 Å². The van der Waals surface area contributed by atoms with E-state index in [-0.39, 0.29) is 37.3 Å². The highest BCUT2D eigenvalue weighted by Gasteiger charge is 2.37. The van der Waals surface area contributed by atoms with Gasteiger partial charge in [-0.15, -0.1) is 0 Å². The van der Waals surface area contributed by atoms with Crippen LogP contribution in [0.5, 0.6) is 5.75 Å². The topological polar surface area (TPSA) is 81.6 Å². The standard InChI is InChI=1S/C19H26F3NO5.ClH/c1-11(2)8-26-16-10-25-9-15(23)18(24)27-12(3)17(16)28-14-6-4-13(5-7-14)19(20,21)22;/h4-7,11-12,15-17H,8-10,23H2,1-3H3;1H/t12-,15-,16-,17-;/m0./s1. The van der Waals surface area contributed by atoms with Crippen molar-refractivity contribution in [1.82, 2.24) is 0 Å². The van der Waals surface area contributed by atoms with Gasteiger partial charge in [-0.25, -0.2) is 4.79 Å². The van der Waals surface area contributed by atoms with Crippen LogP contribution in [0.1, 0.15) is 26.3 Å². The Morgan fingerprint density at radius 3 is 2.38 bits per heavy atom. The molecule has 1 aliphatic rings. The Kier molecular flexibility index (Phi) is 9.67. The molecule has 0 unspecified atom stereocenters. The van der Waals surface area contributed by atoms with Crippen molar-refractivity contribution in [3.8, 4) is 5.75 Å². The first kappa shape index (κ1) is 25.5. The zero-order valence-electron chi connectivity index (χ0n) is 16.6. The summed E-state index contributed by atoms with van der Waals surface area (Å²) in [4.78, 5) is 12.1. The number of rotatable bonds is 5. The number of quaternary nitrogens is 1. The Hall–Kier alpha value is -1.55. The number of esters is 1. The van der Waals surface area contributed by atoms with Crippen LogP contribution in [0.4, 0.5) is 13.2 Å². The second-order valence-electron chi connectivity index (χ2n) is 7.25. The number of benzene rings is 1. The molecule has 29 heavy (non-hydrogen) atoms. The molecule has 0 saturated carbocycles. The fourth-order valence-corrected chi connectivity index (χ4v) is 2.65. The van der Waals surface area contributed by atoms with Crippen LogP contribution >= 0.6 is 0 Å². The molecule has 0 spiro atoms. The minimum atomic E-state index is -4.43. The van der Waals surface area contributed by atoms with Gasteiger partial charge in [0.25, 0.3) is 0 Å². The lowest BCUT2D eigenvalue weighted by molar-refractivity contribution is -0.415. The fourth-order valence-electron chi connectivity index (χ4n) is 2.65. The predicted octanol–water partition coefficient (Wildman–Crippen LogP) is -0.930. The van der Waals surface area contributed by atoms with Crippen molar-refractivity contribution in [3.63, 3.8) is 0 Å². The first-order valence-corrected chi connectivity index (χ1v) is 9.14. The zero-order valence-corrected chi connectivity index (χ0v) is 17.3. The van der Waals surface area contributed by atoms with Gasteiger partial charge >= 0.3 is 12.1 Å². The number of cyclic esters (lactones) is 1. The van der Waals surface area contributed by atoms with Gasteiger partial charge in [-0.2, -0.15) is 13.2 Å². The third-order valence-corrected chi connectivity index (χ3v) is 4.16. The Balaban J connectivity index is 0.00000420. The maximum Gasteiger partial charge on any atom is 0.416 e. The molecule has 0 radical (unpaired) electrons. The summed E-state index contributed by atoms with van der Waals surface area (Å²) in [6.45, 7) is 6.27. The van der Waals surface area contributed by atoms with Gasteiger partial charge in [0, 0.05) is 6.61 Å². The molecular weight excluding hydrogens is 415 g/mol. The van der Waals surface area contributed by atoms with E-state index in [2.05, 4.69) is 5.73 Å². The van der Waals surface area contributed by atoms with Crippen molar-refractivity contribution in [1.29, 1.82) is 0 Å². The highest BCUT2D eigenvalue weighted by atomic mass is 35.5. The van der Waals surface area contributed by atoms with E-state index in [1.54, 1.807) is 6.92 Å². The van der Waals surface area contributed by atoms with Gasteiger partial charge in [0.05, 0.1) is 12.2 Å². The Morgan fingerprint density at radius 2 is 1.83 bits per heavy atom. The summed E-state index contributed by atoms with van der Waals surface area (Å²) in [7, 11) is 0. The van der Waals surface area contributed by atoms with E-state index in [0.717, 1.165) is 12.1 Å². The highest BCUT2D eigenvalue weighted by molar-refractivity contribution is 5.74. The first-order valence-electron chi connectivity index (χ1n) is 9.14. The molecule has 0 amide bonds. The average Bonchev–Trinajstić information content (AvgIpc) is 2.65. The number of hydrogen-bond donors (Lipinski definition) is 1. The largest absolute Gasteiger partial charge is 1.00 e. The van der Waals surface area contributed by atoms with E-state index >= 15 is 0 Å². The van der Waals surface area contributed by atoms with E-state index in [4.69, 9.17) is 18.9 Å². The van der Waals surface area contributed by atoms with Gasteiger partial charge in [0.2, 0.25) is 6.04 Å². The van der Waals surface area contributed by atoms with Gasteiger partial charge in [-0.05, 0) is 37.1 Å². The minimum absolute atomic E-state index is 0. The van der Waals surface area contributed by atoms with E-state index in [9.17, 15) is 18.0 Å². The van der Waals surface area contributed by atoms with Crippen molar-refractivity contribution in [2.45, 2.75) is 51.3 Å². The third-order valence-electron chi connectivity index (χ3n) is 4.16. The quantitative estimate of drug-likeness (QED) is 0.597. The lowest BCUT2D eigenvalue weighted by atomic mass is 10.1. The van der Waals surface area contributed by atoms with Crippen LogP contribution in [0.25, 0.3) is 0 Å². The van der Waals surface area contributed by atoms with Crippen LogP contribution in [-0.4, -0.2) is 50.1 Å². The molecule has 1 aromatic rings. The number of ether oxygens (including phenoxy) is 4. The zero-order chi connectivity index (χ0) is 20.9. The van der Waals surface area contributed by atoms with E-state index in [1.807, 2.05) is 13.8 Å². The average molecular weight is 442 g/mol. The molecule has 1 saturated heterocycles. The van der Waals surface area contributed by atoms with Crippen LogP contribution in [-0.2, 0) is 25.2 Å². The molecule has 2 rings (SSSR count). The molecule has 3 N–H and O–H groups in total. The first-order chi connectivity index (χ1) is 13.1. The summed E-state index contributed by atoms with van der Waals surface area (Å²) in [6, 6.07) is 3.66. The third kappa shape index (κ3) is 7.65. The normalized spacial score (nSPS) is 26.0. The number of halogens is 4. The van der Waals surface area contributed by atoms with Crippen LogP contribution in [0.15, 0.2) is 24.3 Å². The molecule has 1 fully saturated rings. The molecule has 1 heterocycles. The summed E-state index contributed by atoms with van der Waals surface area (Å²) >= 11 is 0. The van der Waals surface area contributed by atoms with Crippen molar-refractivity contribution >= 4 is 5.97 Å². The molecule has 6 nitrogen and oxygen atoms in total. The summed E-state index contributed by atoms with van der Waals surface area (Å²) in [5.74, 6) is -0.0692. The molecule has 166 valence electrons. The van der Waals surface area contributed by atoms with Crippen molar-refractivity contribution < 1.29 is 55.1 Å². The molecule has 4 atom stereocenters. The smallest absolute Gasteiger partial charge is 0.416 e. The van der Waals surface area contributed by atoms with E-state index in [0.29, 0.717) is 6.61 Å². The number of hydrogen-bond acceptors (Lipinski definition) is 5. The highest BCUT2D eigenvalue weighted by Crippen LogP contribution is 2.31. The lowest BCUT2D eigenvalue weighted by Gasteiger charge is -2.31. The van der Waals surface area contributed by atoms with E-state index in [1.165, 1.54) is 12.1 Å².